The lowest BCUT2D eigenvalue weighted by atomic mass is 9.97. The second-order valence-corrected chi connectivity index (χ2v) is 9.45. The number of piperidine rings is 1. The number of anilines is 1. The van der Waals surface area contributed by atoms with Crippen molar-refractivity contribution in [2.24, 2.45) is 13.0 Å². The predicted molar refractivity (Wildman–Crippen MR) is 117 cm³/mol. The van der Waals surface area contributed by atoms with E-state index in [1.54, 1.807) is 61.3 Å². The van der Waals surface area contributed by atoms with Gasteiger partial charge in [-0.1, -0.05) is 0 Å². The van der Waals surface area contributed by atoms with Crippen LogP contribution in [0.3, 0.4) is 0 Å². The van der Waals surface area contributed by atoms with Crippen molar-refractivity contribution in [2.45, 2.75) is 24.8 Å². The Morgan fingerprint density at radius 3 is 2.38 bits per heavy atom. The number of hydrogen-bond donors (Lipinski definition) is 1. The summed E-state index contributed by atoms with van der Waals surface area (Å²) in [4.78, 5) is 24.8. The maximum Gasteiger partial charge on any atom is 0.321 e. The number of rotatable bonds is 6. The summed E-state index contributed by atoms with van der Waals surface area (Å²) in [5.41, 5.74) is 0.635. The van der Waals surface area contributed by atoms with Crippen molar-refractivity contribution in [3.05, 3.63) is 54.7 Å². The molecule has 0 aliphatic carbocycles. The quantitative estimate of drug-likeness (QED) is 0.605. The van der Waals surface area contributed by atoms with Crippen molar-refractivity contribution in [1.82, 2.24) is 23.8 Å². The van der Waals surface area contributed by atoms with Crippen LogP contribution in [0.4, 0.5) is 5.69 Å². The number of sulfonamides is 1. The summed E-state index contributed by atoms with van der Waals surface area (Å²) in [5, 5.41) is 2.93. The van der Waals surface area contributed by atoms with Crippen LogP contribution in [0.5, 0.6) is 11.8 Å². The molecule has 1 amide bonds. The van der Waals surface area contributed by atoms with Crippen LogP contribution in [0.1, 0.15) is 18.7 Å². The summed E-state index contributed by atoms with van der Waals surface area (Å²) in [6.45, 7) is 2.31. The summed E-state index contributed by atoms with van der Waals surface area (Å²) >= 11 is 0. The summed E-state index contributed by atoms with van der Waals surface area (Å²) in [6.07, 6.45) is 5.59. The number of ether oxygens (including phenoxy) is 1. The fraction of sp³-hybridized carbons (Fsp3) is 0.333. The van der Waals surface area contributed by atoms with Crippen LogP contribution < -0.4 is 10.1 Å². The maximum atomic E-state index is 12.8. The molecule has 3 aromatic rings. The predicted octanol–water partition coefficient (Wildman–Crippen LogP) is 2.35. The molecule has 1 fully saturated rings. The average Bonchev–Trinajstić information content (AvgIpc) is 3.15. The van der Waals surface area contributed by atoms with Crippen LogP contribution in [-0.4, -0.2) is 51.2 Å². The molecular weight excluding hydrogens is 432 g/mol. The first-order valence-electron chi connectivity index (χ1n) is 10.2. The molecule has 0 bridgehead atoms. The largest absolute Gasteiger partial charge is 0.424 e. The lowest BCUT2D eigenvalue weighted by Gasteiger charge is -2.29. The number of amides is 1. The molecule has 168 valence electrons. The Morgan fingerprint density at radius 1 is 1.12 bits per heavy atom. The monoisotopic (exact) mass is 456 g/mol. The highest BCUT2D eigenvalue weighted by atomic mass is 32.2. The molecule has 1 aromatic carbocycles. The molecule has 0 atom stereocenters. The highest BCUT2D eigenvalue weighted by molar-refractivity contribution is 7.89. The first-order valence-corrected chi connectivity index (χ1v) is 11.6. The van der Waals surface area contributed by atoms with Gasteiger partial charge in [0.2, 0.25) is 5.91 Å². The smallest absolute Gasteiger partial charge is 0.321 e. The number of hydrogen-bond acceptors (Lipinski definition) is 7. The van der Waals surface area contributed by atoms with Gasteiger partial charge in [0.25, 0.3) is 10.0 Å². The highest BCUT2D eigenvalue weighted by Gasteiger charge is 2.33. The number of aromatic nitrogens is 4. The molecule has 10 nitrogen and oxygen atoms in total. The molecule has 11 heteroatoms. The molecule has 2 aromatic heterocycles. The van der Waals surface area contributed by atoms with E-state index >= 15 is 0 Å². The fourth-order valence-corrected chi connectivity index (χ4v) is 4.93. The Kier molecular flexibility index (Phi) is 6.19. The minimum atomic E-state index is -3.66. The number of benzene rings is 1. The molecular formula is C21H24N6O4S. The van der Waals surface area contributed by atoms with Crippen molar-refractivity contribution in [3.63, 3.8) is 0 Å². The number of imidazole rings is 1. The SMILES string of the molecule is Cc1nc(S(=O)(=O)N2CCC(C(=O)Nc3ccc(Oc4ncccn4)cc3)CC2)cn1C. The zero-order valence-electron chi connectivity index (χ0n) is 17.8. The summed E-state index contributed by atoms with van der Waals surface area (Å²) in [6, 6.07) is 8.85. The average molecular weight is 457 g/mol. The van der Waals surface area contributed by atoms with E-state index in [0.29, 0.717) is 30.1 Å². The molecule has 0 radical (unpaired) electrons. The Morgan fingerprint density at radius 2 is 1.78 bits per heavy atom. The first kappa shape index (κ1) is 21.9. The second kappa shape index (κ2) is 9.05. The molecule has 3 heterocycles. The second-order valence-electron chi connectivity index (χ2n) is 7.56. The highest BCUT2D eigenvalue weighted by Crippen LogP contribution is 2.25. The van der Waals surface area contributed by atoms with Gasteiger partial charge in [-0.25, -0.2) is 23.4 Å². The Labute approximate surface area is 186 Å². The van der Waals surface area contributed by atoms with Gasteiger partial charge in [0.1, 0.15) is 11.6 Å². The lowest BCUT2D eigenvalue weighted by molar-refractivity contribution is -0.120. The van der Waals surface area contributed by atoms with Gasteiger partial charge in [-0.2, -0.15) is 4.31 Å². The molecule has 1 saturated heterocycles. The van der Waals surface area contributed by atoms with E-state index in [2.05, 4.69) is 20.3 Å². The summed E-state index contributed by atoms with van der Waals surface area (Å²) in [5.74, 6) is 0.791. The fourth-order valence-electron chi connectivity index (χ4n) is 3.44. The molecule has 0 unspecified atom stereocenters. The van der Waals surface area contributed by atoms with Gasteiger partial charge >= 0.3 is 6.01 Å². The summed E-state index contributed by atoms with van der Waals surface area (Å²) < 4.78 is 34.2. The first-order chi connectivity index (χ1) is 15.3. The number of aryl methyl sites for hydroxylation is 2. The van der Waals surface area contributed by atoms with Gasteiger partial charge < -0.3 is 14.6 Å². The summed E-state index contributed by atoms with van der Waals surface area (Å²) in [7, 11) is -1.90. The molecule has 0 spiro atoms. The zero-order chi connectivity index (χ0) is 22.7. The minimum absolute atomic E-state index is 0.0450. The van der Waals surface area contributed by atoms with Crippen molar-refractivity contribution >= 4 is 21.6 Å². The topological polar surface area (TPSA) is 119 Å². The number of nitrogens with zero attached hydrogens (tertiary/aromatic N) is 5. The Bertz CT molecular complexity index is 1170. The number of carbonyl (C=O) groups excluding carboxylic acids is 1. The number of nitrogens with one attached hydrogen (secondary N) is 1. The van der Waals surface area contributed by atoms with Gasteiger partial charge in [0, 0.05) is 50.3 Å². The third-order valence-corrected chi connectivity index (χ3v) is 7.16. The standard InChI is InChI=1S/C21H24N6O4S/c1-15-24-19(14-26(15)2)32(29,30)27-12-8-16(9-13-27)20(28)25-17-4-6-18(7-5-17)31-21-22-10-3-11-23-21/h3-7,10-11,14,16H,8-9,12-13H2,1-2H3,(H,25,28). The normalized spacial score (nSPS) is 15.4. The lowest BCUT2D eigenvalue weighted by Crippen LogP contribution is -2.41. The van der Waals surface area contributed by atoms with E-state index in [1.807, 2.05) is 0 Å². The zero-order valence-corrected chi connectivity index (χ0v) is 18.6. The number of carbonyl (C=O) groups is 1. The van der Waals surface area contributed by atoms with Gasteiger partial charge in [-0.3, -0.25) is 4.79 Å². The Hall–Kier alpha value is -3.31. The van der Waals surface area contributed by atoms with Crippen LogP contribution in [0, 0.1) is 12.8 Å². The van der Waals surface area contributed by atoms with E-state index in [4.69, 9.17) is 4.74 Å². The van der Waals surface area contributed by atoms with E-state index in [0.717, 1.165) is 0 Å². The van der Waals surface area contributed by atoms with Crippen LogP contribution >= 0.6 is 0 Å². The van der Waals surface area contributed by atoms with Crippen LogP contribution in [0.25, 0.3) is 0 Å². The van der Waals surface area contributed by atoms with Crippen LogP contribution in [0.15, 0.2) is 53.9 Å². The minimum Gasteiger partial charge on any atom is -0.424 e. The Balaban J connectivity index is 1.31. The molecule has 1 N–H and O–H groups in total. The molecule has 4 rings (SSSR count). The van der Waals surface area contributed by atoms with Gasteiger partial charge in [-0.05, 0) is 50.1 Å². The third-order valence-electron chi connectivity index (χ3n) is 5.39. The molecule has 1 aliphatic heterocycles. The van der Waals surface area contributed by atoms with Gasteiger partial charge in [0.05, 0.1) is 0 Å². The maximum absolute atomic E-state index is 12.8. The van der Waals surface area contributed by atoms with Crippen LogP contribution in [-0.2, 0) is 21.9 Å². The molecule has 0 saturated carbocycles. The van der Waals surface area contributed by atoms with Crippen molar-refractivity contribution in [3.8, 4) is 11.8 Å². The molecule has 1 aliphatic rings. The van der Waals surface area contributed by atoms with E-state index in [1.165, 1.54) is 10.5 Å². The third kappa shape index (κ3) is 4.78. The van der Waals surface area contributed by atoms with Crippen molar-refractivity contribution < 1.29 is 17.9 Å². The van der Waals surface area contributed by atoms with E-state index in [-0.39, 0.29) is 36.0 Å². The van der Waals surface area contributed by atoms with Crippen molar-refractivity contribution in [2.75, 3.05) is 18.4 Å². The van der Waals surface area contributed by atoms with Gasteiger partial charge in [-0.15, -0.1) is 0 Å². The molecule has 32 heavy (non-hydrogen) atoms. The van der Waals surface area contributed by atoms with E-state index in [9.17, 15) is 13.2 Å². The van der Waals surface area contributed by atoms with Crippen molar-refractivity contribution in [1.29, 1.82) is 0 Å². The van der Waals surface area contributed by atoms with E-state index < -0.39 is 10.0 Å². The van der Waals surface area contributed by atoms with Gasteiger partial charge in [0.15, 0.2) is 5.03 Å². The van der Waals surface area contributed by atoms with Crippen LogP contribution in [0.2, 0.25) is 0 Å².